The van der Waals surface area contributed by atoms with Crippen LogP contribution in [0.3, 0.4) is 0 Å². The molecule has 0 spiro atoms. The van der Waals surface area contributed by atoms with E-state index in [1.807, 2.05) is 36.4 Å². The second kappa shape index (κ2) is 17.9. The molecular weight excluding hydrogens is 837 g/mol. The lowest BCUT2D eigenvalue weighted by Gasteiger charge is -2.11. The van der Waals surface area contributed by atoms with Crippen LogP contribution in [0.4, 0.5) is 0 Å². The van der Waals surface area contributed by atoms with E-state index in [9.17, 15) is 0 Å². The van der Waals surface area contributed by atoms with Crippen molar-refractivity contribution in [3.63, 3.8) is 0 Å². The predicted octanol–water partition coefficient (Wildman–Crippen LogP) is 16.5. The zero-order chi connectivity index (χ0) is 46.1. The van der Waals surface area contributed by atoms with Crippen molar-refractivity contribution in [1.29, 1.82) is 0 Å². The highest BCUT2D eigenvalue weighted by Gasteiger charge is 2.18. The number of amidine groups is 1. The Balaban J connectivity index is 0.885. The summed E-state index contributed by atoms with van der Waals surface area (Å²) < 4.78 is 4.78. The SMILES string of the molecule is CN=C(N=C(/C=C/c1cccc(-c2ccc3c(c2)c2ccccc2n3-c2ccc(-c3cccc4c3c3ccccc3n4-c3ccccc3)cc2)c1)c1ccc(-c2ccccc2)cc1)c1ccccc1. The Labute approximate surface area is 401 Å². The van der Waals surface area contributed by atoms with Crippen LogP contribution >= 0.6 is 0 Å². The first-order valence-corrected chi connectivity index (χ1v) is 23.5. The first kappa shape index (κ1) is 41.3. The average Bonchev–Trinajstić information content (AvgIpc) is 3.95. The summed E-state index contributed by atoms with van der Waals surface area (Å²) in [6.45, 7) is 0. The highest BCUT2D eigenvalue weighted by molar-refractivity contribution is 6.19. The van der Waals surface area contributed by atoms with Gasteiger partial charge >= 0.3 is 0 Å². The second-order valence-corrected chi connectivity index (χ2v) is 17.3. The van der Waals surface area contributed by atoms with Crippen LogP contribution in [-0.4, -0.2) is 27.7 Å². The van der Waals surface area contributed by atoms with Gasteiger partial charge in [0.1, 0.15) is 0 Å². The molecule has 0 radical (unpaired) electrons. The number of para-hydroxylation sites is 3. The molecule has 10 aromatic carbocycles. The molecule has 4 nitrogen and oxygen atoms in total. The molecule has 0 amide bonds. The van der Waals surface area contributed by atoms with E-state index in [1.54, 1.807) is 7.05 Å². The van der Waals surface area contributed by atoms with Gasteiger partial charge in [0.05, 0.1) is 27.8 Å². The van der Waals surface area contributed by atoms with E-state index in [-0.39, 0.29) is 0 Å². The summed E-state index contributed by atoms with van der Waals surface area (Å²) in [5.41, 5.74) is 18.0. The molecule has 0 aliphatic rings. The molecule has 0 saturated heterocycles. The van der Waals surface area contributed by atoms with Gasteiger partial charge in [-0.25, -0.2) is 4.99 Å². The van der Waals surface area contributed by atoms with E-state index >= 15 is 0 Å². The summed E-state index contributed by atoms with van der Waals surface area (Å²) in [7, 11) is 1.80. The smallest absolute Gasteiger partial charge is 0.154 e. The fourth-order valence-electron chi connectivity index (χ4n) is 9.94. The quantitative estimate of drug-likeness (QED) is 0.102. The fraction of sp³-hybridized carbons (Fsp3) is 0.0154. The number of aromatic nitrogens is 2. The number of hydrogen-bond donors (Lipinski definition) is 0. The number of fused-ring (bicyclic) bond motifs is 6. The Kier molecular flexibility index (Phi) is 10.7. The second-order valence-electron chi connectivity index (χ2n) is 17.3. The summed E-state index contributed by atoms with van der Waals surface area (Å²) >= 11 is 0. The molecular formula is C65H46N4. The van der Waals surface area contributed by atoms with Crippen LogP contribution < -0.4 is 0 Å². The van der Waals surface area contributed by atoms with E-state index in [2.05, 4.69) is 239 Å². The minimum Gasteiger partial charge on any atom is -0.309 e. The van der Waals surface area contributed by atoms with E-state index < -0.39 is 0 Å². The molecule has 2 aromatic heterocycles. The molecule has 0 bridgehead atoms. The number of rotatable bonds is 9. The standard InChI is InChI=1S/C65H46N4/c1-66-65(50-20-7-3-8-21-50)67-59(49-34-32-47(33-35-49)46-18-5-2-6-19-46)41-31-45-17-15-22-51(43-45)52-38-42-62-58(44-52)56-25-11-13-28-60(56)68(62)54-39-36-48(37-40-54)55-27-16-30-63-64(55)57-26-12-14-29-61(57)69(63)53-23-9-4-10-24-53/h2-44H,1H3/b41-31+,66-65?,67-59?. The molecule has 0 atom stereocenters. The minimum absolute atomic E-state index is 0.681. The van der Waals surface area contributed by atoms with Crippen molar-refractivity contribution in [2.24, 2.45) is 9.98 Å². The van der Waals surface area contributed by atoms with Gasteiger partial charge in [0.2, 0.25) is 0 Å². The third-order valence-corrected chi connectivity index (χ3v) is 13.2. The molecule has 4 heteroatoms. The van der Waals surface area contributed by atoms with Crippen LogP contribution in [0.15, 0.2) is 265 Å². The van der Waals surface area contributed by atoms with Gasteiger partial charge in [-0.3, -0.25) is 4.99 Å². The van der Waals surface area contributed by atoms with Gasteiger partial charge in [-0.2, -0.15) is 0 Å². The van der Waals surface area contributed by atoms with Crippen molar-refractivity contribution < 1.29 is 0 Å². The van der Waals surface area contributed by atoms with Crippen LogP contribution in [0.5, 0.6) is 0 Å². The number of nitrogens with zero attached hydrogens (tertiary/aromatic N) is 4. The van der Waals surface area contributed by atoms with E-state index in [0.717, 1.165) is 50.5 Å². The van der Waals surface area contributed by atoms with Gasteiger partial charge in [0.25, 0.3) is 0 Å². The van der Waals surface area contributed by atoms with Crippen LogP contribution in [-0.2, 0) is 0 Å². The first-order chi connectivity index (χ1) is 34.2. The first-order valence-electron chi connectivity index (χ1n) is 23.5. The minimum atomic E-state index is 0.681. The Morgan fingerprint density at radius 2 is 0.913 bits per heavy atom. The van der Waals surface area contributed by atoms with Gasteiger partial charge in [-0.15, -0.1) is 0 Å². The monoisotopic (exact) mass is 882 g/mol. The maximum absolute atomic E-state index is 5.15. The van der Waals surface area contributed by atoms with E-state index in [4.69, 9.17) is 4.99 Å². The van der Waals surface area contributed by atoms with Crippen molar-refractivity contribution in [1.82, 2.24) is 9.13 Å². The summed E-state index contributed by atoms with van der Waals surface area (Å²) in [6, 6.07) is 88.8. The van der Waals surface area contributed by atoms with Crippen molar-refractivity contribution in [2.45, 2.75) is 0 Å². The fourth-order valence-corrected chi connectivity index (χ4v) is 9.94. The van der Waals surface area contributed by atoms with Gasteiger partial charge in [0, 0.05) is 51.1 Å². The normalized spacial score (nSPS) is 12.2. The Bertz CT molecular complexity index is 3910. The molecule has 0 aliphatic heterocycles. The largest absolute Gasteiger partial charge is 0.309 e. The predicted molar refractivity (Wildman–Crippen MR) is 292 cm³/mol. The van der Waals surface area contributed by atoms with Crippen LogP contribution in [0, 0.1) is 0 Å². The molecule has 0 aliphatic carbocycles. The maximum Gasteiger partial charge on any atom is 0.154 e. The lowest BCUT2D eigenvalue weighted by Crippen LogP contribution is -2.05. The van der Waals surface area contributed by atoms with Gasteiger partial charge in [-0.05, 0) is 106 Å². The zero-order valence-electron chi connectivity index (χ0n) is 38.1. The van der Waals surface area contributed by atoms with Crippen molar-refractivity contribution in [2.75, 3.05) is 7.05 Å². The molecule has 2 heterocycles. The molecule has 69 heavy (non-hydrogen) atoms. The lowest BCUT2D eigenvalue weighted by atomic mass is 9.99. The molecule has 0 fully saturated rings. The Morgan fingerprint density at radius 1 is 0.377 bits per heavy atom. The summed E-state index contributed by atoms with van der Waals surface area (Å²) in [5.74, 6) is 0.681. The van der Waals surface area contributed by atoms with Gasteiger partial charge in [-0.1, -0.05) is 194 Å². The molecule has 326 valence electrons. The Morgan fingerprint density at radius 3 is 1.67 bits per heavy atom. The third-order valence-electron chi connectivity index (χ3n) is 13.2. The molecule has 0 saturated carbocycles. The van der Waals surface area contributed by atoms with Gasteiger partial charge < -0.3 is 9.13 Å². The third kappa shape index (κ3) is 7.74. The number of benzene rings is 10. The van der Waals surface area contributed by atoms with Crippen LogP contribution in [0.2, 0.25) is 0 Å². The average molecular weight is 883 g/mol. The highest BCUT2D eigenvalue weighted by atomic mass is 15.0. The summed E-state index contributed by atoms with van der Waals surface area (Å²) in [4.78, 5) is 9.76. The lowest BCUT2D eigenvalue weighted by molar-refractivity contribution is 1.18. The molecule has 12 aromatic rings. The van der Waals surface area contributed by atoms with Crippen molar-refractivity contribution in [3.05, 3.63) is 271 Å². The van der Waals surface area contributed by atoms with Crippen LogP contribution in [0.1, 0.15) is 16.7 Å². The summed E-state index contributed by atoms with van der Waals surface area (Å²) in [5, 5.41) is 4.95. The number of allylic oxidation sites excluding steroid dienone is 1. The zero-order valence-corrected chi connectivity index (χ0v) is 38.1. The van der Waals surface area contributed by atoms with E-state index in [0.29, 0.717) is 5.84 Å². The molecule has 0 N–H and O–H groups in total. The number of aliphatic imine (C=N–C) groups is 2. The van der Waals surface area contributed by atoms with Gasteiger partial charge in [0.15, 0.2) is 5.84 Å². The molecule has 0 unspecified atom stereocenters. The van der Waals surface area contributed by atoms with Crippen molar-refractivity contribution >= 4 is 61.2 Å². The van der Waals surface area contributed by atoms with Crippen LogP contribution in [0.25, 0.3) is 94.4 Å². The number of hydrogen-bond acceptors (Lipinski definition) is 1. The van der Waals surface area contributed by atoms with Crippen molar-refractivity contribution in [3.8, 4) is 44.8 Å². The highest BCUT2D eigenvalue weighted by Crippen LogP contribution is 2.40. The topological polar surface area (TPSA) is 34.6 Å². The van der Waals surface area contributed by atoms with E-state index in [1.165, 1.54) is 60.3 Å². The Hall–Kier alpha value is -9.12. The maximum atomic E-state index is 5.15. The molecule has 12 rings (SSSR count). The summed E-state index contributed by atoms with van der Waals surface area (Å²) in [6.07, 6.45) is 4.26.